The molecule has 0 aliphatic heterocycles. The van der Waals surface area contributed by atoms with Gasteiger partial charge >= 0.3 is 0 Å². The van der Waals surface area contributed by atoms with Crippen LogP contribution in [0.15, 0.2) is 77.0 Å². The van der Waals surface area contributed by atoms with Gasteiger partial charge in [-0.05, 0) is 78.6 Å². The van der Waals surface area contributed by atoms with Crippen molar-refractivity contribution in [3.05, 3.63) is 89.8 Å². The molecule has 0 unspecified atom stereocenters. The largest absolute Gasteiger partial charge is 0.512 e. The van der Waals surface area contributed by atoms with Crippen LogP contribution in [-0.2, 0) is 24.9 Å². The Labute approximate surface area is 279 Å². The van der Waals surface area contributed by atoms with Crippen LogP contribution in [0.3, 0.4) is 0 Å². The number of ketones is 1. The molecule has 0 spiro atoms. The molecule has 3 fully saturated rings. The monoisotopic (exact) mass is 777 g/mol. The first kappa shape index (κ1) is 31.7. The van der Waals surface area contributed by atoms with Crippen LogP contribution in [0.1, 0.15) is 94.1 Å². The Morgan fingerprint density at radius 3 is 2.29 bits per heavy atom. The summed E-state index contributed by atoms with van der Waals surface area (Å²) in [6.45, 7) is 2.09. The Kier molecular flexibility index (Phi) is 9.87. The van der Waals surface area contributed by atoms with E-state index in [1.165, 1.54) is 68.4 Å². The number of pyridine rings is 1. The number of furan rings is 1. The van der Waals surface area contributed by atoms with Crippen LogP contribution in [0.25, 0.3) is 44.0 Å². The van der Waals surface area contributed by atoms with E-state index in [0.717, 1.165) is 69.8 Å². The molecule has 3 aliphatic rings. The number of benzene rings is 3. The van der Waals surface area contributed by atoms with Crippen molar-refractivity contribution in [1.29, 1.82) is 0 Å². The van der Waals surface area contributed by atoms with E-state index in [1.54, 1.807) is 0 Å². The summed E-state index contributed by atoms with van der Waals surface area (Å²) in [6.07, 6.45) is 17.7. The van der Waals surface area contributed by atoms with Gasteiger partial charge in [-0.3, -0.25) is 4.79 Å². The Morgan fingerprint density at radius 1 is 0.844 bits per heavy atom. The molecule has 3 aromatic carbocycles. The fraction of sp³-hybridized carbons (Fsp3) is 0.400. The third kappa shape index (κ3) is 6.67. The van der Waals surface area contributed by atoms with Crippen molar-refractivity contribution in [2.24, 2.45) is 11.8 Å². The van der Waals surface area contributed by atoms with Crippen LogP contribution in [0, 0.1) is 24.8 Å². The van der Waals surface area contributed by atoms with Gasteiger partial charge in [0, 0.05) is 49.6 Å². The number of allylic oxidation sites excluding steroid dienone is 2. The molecule has 3 aliphatic carbocycles. The van der Waals surface area contributed by atoms with Crippen LogP contribution in [0.5, 0.6) is 0 Å². The van der Waals surface area contributed by atoms with E-state index in [9.17, 15) is 9.90 Å². The van der Waals surface area contributed by atoms with Crippen LogP contribution in [0.2, 0.25) is 0 Å². The van der Waals surface area contributed by atoms with Gasteiger partial charge in [0.05, 0.1) is 11.3 Å². The fourth-order valence-corrected chi connectivity index (χ4v) is 7.79. The van der Waals surface area contributed by atoms with Gasteiger partial charge in [0.25, 0.3) is 0 Å². The van der Waals surface area contributed by atoms with E-state index >= 15 is 0 Å². The van der Waals surface area contributed by atoms with Gasteiger partial charge in [-0.25, -0.2) is 0 Å². The fourth-order valence-electron chi connectivity index (χ4n) is 7.79. The number of carbonyl (C=O) groups excluding carboxylic acids is 1. The van der Waals surface area contributed by atoms with Crippen molar-refractivity contribution >= 4 is 38.5 Å². The molecule has 235 valence electrons. The van der Waals surface area contributed by atoms with E-state index < -0.39 is 0 Å². The maximum atomic E-state index is 11.8. The molecule has 4 nitrogen and oxygen atoms in total. The van der Waals surface area contributed by atoms with Crippen molar-refractivity contribution in [3.8, 4) is 11.3 Å². The molecule has 45 heavy (non-hydrogen) atoms. The second kappa shape index (κ2) is 14.0. The standard InChI is InChI=1S/C27H22NO.C13H20O2.Ir/c1-17-14-23-22-8-4-5-9-25(22)29-27(23)24(15-17)26-21-11-10-19(18-6-2-3-7-18)16-20(21)12-13-28-26;14-12(10-5-1-2-6-10)9-13(15)11-7-3-4-8-11;/h4-5,8-14,16,18H,2-3,6-7H2,1H3;9-11,14H,1-8H2;/q-1;;/b;12-9-;. The first-order chi connectivity index (χ1) is 21.5. The maximum Gasteiger partial charge on any atom is 0.162 e. The zero-order chi connectivity index (χ0) is 30.0. The Bertz CT molecular complexity index is 1840. The number of aliphatic hydroxyl groups is 1. The molecule has 0 saturated heterocycles. The summed E-state index contributed by atoms with van der Waals surface area (Å²) in [5.74, 6) is 1.70. The summed E-state index contributed by atoms with van der Waals surface area (Å²) >= 11 is 0. The molecule has 1 radical (unpaired) electrons. The number of carbonyl (C=O) groups is 1. The van der Waals surface area contributed by atoms with Crippen LogP contribution >= 0.6 is 0 Å². The van der Waals surface area contributed by atoms with Gasteiger partial charge in [-0.15, -0.1) is 17.7 Å². The van der Waals surface area contributed by atoms with Crippen LogP contribution in [0.4, 0.5) is 0 Å². The van der Waals surface area contributed by atoms with Crippen molar-refractivity contribution in [2.75, 3.05) is 0 Å². The van der Waals surface area contributed by atoms with Crippen molar-refractivity contribution < 1.29 is 34.4 Å². The van der Waals surface area contributed by atoms with Crippen LogP contribution in [-0.4, -0.2) is 15.9 Å². The van der Waals surface area contributed by atoms with Crippen molar-refractivity contribution in [1.82, 2.24) is 4.98 Å². The molecule has 0 bridgehead atoms. The van der Waals surface area contributed by atoms with E-state index in [2.05, 4.69) is 55.5 Å². The number of nitrogens with zero attached hydrogens (tertiary/aromatic N) is 1. The van der Waals surface area contributed by atoms with Gasteiger partial charge in [0.2, 0.25) is 0 Å². The van der Waals surface area contributed by atoms with Crippen molar-refractivity contribution in [3.63, 3.8) is 0 Å². The predicted octanol–water partition coefficient (Wildman–Crippen LogP) is 10.9. The summed E-state index contributed by atoms with van der Waals surface area (Å²) < 4.78 is 6.28. The zero-order valence-corrected chi connectivity index (χ0v) is 28.5. The number of hydrogen-bond acceptors (Lipinski definition) is 4. The van der Waals surface area contributed by atoms with Gasteiger partial charge in [-0.2, -0.15) is 0 Å². The molecule has 5 aromatic rings. The zero-order valence-electron chi connectivity index (χ0n) is 26.1. The topological polar surface area (TPSA) is 63.3 Å². The second-order valence-electron chi connectivity index (χ2n) is 13.2. The van der Waals surface area contributed by atoms with Crippen LogP contribution < -0.4 is 0 Å². The normalized spacial score (nSPS) is 18.0. The number of aliphatic hydroxyl groups excluding tert-OH is 1. The molecule has 2 aromatic heterocycles. The molecule has 0 amide bonds. The number of hydrogen-bond donors (Lipinski definition) is 1. The second-order valence-corrected chi connectivity index (χ2v) is 13.2. The summed E-state index contributed by atoms with van der Waals surface area (Å²) in [7, 11) is 0. The average Bonchev–Trinajstić information content (AvgIpc) is 3.87. The number of rotatable bonds is 5. The SMILES string of the molecule is Cc1[c-]c(-c2nccc3cc(C4CCCC4)ccc23)c2oc3ccccc3c2c1.O=C(/C=C(\O)C1CCCC1)C1CCCC1.[Ir]. The average molecular weight is 777 g/mol. The minimum atomic E-state index is 0. The summed E-state index contributed by atoms with van der Waals surface area (Å²) in [6, 6.07) is 23.0. The van der Waals surface area contributed by atoms with Gasteiger partial charge < -0.3 is 14.5 Å². The first-order valence-corrected chi connectivity index (χ1v) is 16.7. The van der Waals surface area contributed by atoms with Gasteiger partial charge in [0.15, 0.2) is 5.78 Å². The molecule has 5 heteroatoms. The number of aryl methyl sites for hydroxylation is 1. The molecule has 0 atom stereocenters. The van der Waals surface area contributed by atoms with Gasteiger partial charge in [0.1, 0.15) is 5.58 Å². The van der Waals surface area contributed by atoms with E-state index in [4.69, 9.17) is 9.40 Å². The Morgan fingerprint density at radius 2 is 1.53 bits per heavy atom. The number of aromatic nitrogens is 1. The molecular formula is C40H42IrNO3-. The maximum absolute atomic E-state index is 11.8. The van der Waals surface area contributed by atoms with Crippen molar-refractivity contribution in [2.45, 2.75) is 89.9 Å². The molecule has 3 saturated carbocycles. The molecule has 2 heterocycles. The first-order valence-electron chi connectivity index (χ1n) is 16.7. The minimum absolute atomic E-state index is 0. The smallest absolute Gasteiger partial charge is 0.162 e. The quantitative estimate of drug-likeness (QED) is 0.110. The summed E-state index contributed by atoms with van der Waals surface area (Å²) in [5.41, 5.74) is 6.25. The Hall–Kier alpha value is -3.27. The third-order valence-corrected chi connectivity index (χ3v) is 10.2. The Balaban J connectivity index is 0.000000190. The van der Waals surface area contributed by atoms with Gasteiger partial charge in [-0.1, -0.05) is 92.8 Å². The number of fused-ring (bicyclic) bond motifs is 4. The molecule has 8 rings (SSSR count). The minimum Gasteiger partial charge on any atom is -0.512 e. The van der Waals surface area contributed by atoms with E-state index in [0.29, 0.717) is 11.7 Å². The third-order valence-electron chi connectivity index (χ3n) is 10.2. The number of para-hydroxylation sites is 1. The van der Waals surface area contributed by atoms with E-state index in [-0.39, 0.29) is 37.7 Å². The summed E-state index contributed by atoms with van der Waals surface area (Å²) in [5, 5.41) is 14.5. The molecule has 1 N–H and O–H groups in total. The molecular weight excluding hydrogens is 735 g/mol. The van der Waals surface area contributed by atoms with E-state index in [1.807, 2.05) is 18.3 Å². The summed E-state index contributed by atoms with van der Waals surface area (Å²) in [4.78, 5) is 16.6. The predicted molar refractivity (Wildman–Crippen MR) is 179 cm³/mol.